The zero-order valence-corrected chi connectivity index (χ0v) is 11.3. The van der Waals surface area contributed by atoms with Crippen molar-refractivity contribution in [2.75, 3.05) is 11.9 Å². The average Bonchev–Trinajstić information content (AvgIpc) is 2.35. The van der Waals surface area contributed by atoms with Gasteiger partial charge in [-0.1, -0.05) is 12.1 Å². The van der Waals surface area contributed by atoms with Crippen LogP contribution >= 0.6 is 0 Å². The molecule has 18 heavy (non-hydrogen) atoms. The van der Waals surface area contributed by atoms with Gasteiger partial charge in [0.15, 0.2) is 0 Å². The molecular formula is C15H22N2O. The summed E-state index contributed by atoms with van der Waals surface area (Å²) < 4.78 is 0. The zero-order valence-electron chi connectivity index (χ0n) is 11.3. The van der Waals surface area contributed by atoms with Gasteiger partial charge in [0.25, 0.3) is 0 Å². The molecule has 0 bridgehead atoms. The number of carbonyl (C=O) groups excluding carboxylic acids is 1. The maximum atomic E-state index is 11.6. The summed E-state index contributed by atoms with van der Waals surface area (Å²) in [5.41, 5.74) is 3.97. The van der Waals surface area contributed by atoms with Crippen LogP contribution in [0.15, 0.2) is 18.2 Å². The van der Waals surface area contributed by atoms with E-state index in [1.165, 1.54) is 30.4 Å². The summed E-state index contributed by atoms with van der Waals surface area (Å²) in [6, 6.07) is 6.55. The highest BCUT2D eigenvalue weighted by molar-refractivity contribution is 5.81. The molecule has 1 aliphatic rings. The number of aryl methyl sites for hydroxylation is 1. The van der Waals surface area contributed by atoms with E-state index < -0.39 is 0 Å². The topological polar surface area (TPSA) is 41.1 Å². The first-order chi connectivity index (χ1) is 8.66. The molecule has 0 unspecified atom stereocenters. The van der Waals surface area contributed by atoms with Gasteiger partial charge >= 0.3 is 0 Å². The Morgan fingerprint density at radius 2 is 2.06 bits per heavy atom. The Kier molecular flexibility index (Phi) is 4.24. The van der Waals surface area contributed by atoms with E-state index in [4.69, 9.17) is 0 Å². The van der Waals surface area contributed by atoms with Crippen LogP contribution in [0.4, 0.5) is 5.69 Å². The van der Waals surface area contributed by atoms with E-state index in [0.717, 1.165) is 12.1 Å². The van der Waals surface area contributed by atoms with Crippen LogP contribution in [0.3, 0.4) is 0 Å². The van der Waals surface area contributed by atoms with Crippen molar-refractivity contribution < 1.29 is 4.79 Å². The Bertz CT molecular complexity index is 427. The van der Waals surface area contributed by atoms with Gasteiger partial charge < -0.3 is 10.6 Å². The predicted octanol–water partition coefficient (Wildman–Crippen LogP) is 2.50. The number of hydrogen-bond acceptors (Lipinski definition) is 2. The van der Waals surface area contributed by atoms with Gasteiger partial charge in [-0.15, -0.1) is 0 Å². The van der Waals surface area contributed by atoms with E-state index in [-0.39, 0.29) is 11.9 Å². The van der Waals surface area contributed by atoms with Crippen LogP contribution in [-0.2, 0) is 17.6 Å². The fourth-order valence-electron chi connectivity index (χ4n) is 2.50. The zero-order chi connectivity index (χ0) is 13.0. The molecule has 2 rings (SSSR count). The predicted molar refractivity (Wildman–Crippen MR) is 74.9 cm³/mol. The van der Waals surface area contributed by atoms with Crippen LogP contribution in [0.5, 0.6) is 0 Å². The first kappa shape index (κ1) is 12.9. The normalized spacial score (nSPS) is 14.2. The van der Waals surface area contributed by atoms with Crippen molar-refractivity contribution in [3.63, 3.8) is 0 Å². The van der Waals surface area contributed by atoms with Crippen LogP contribution in [0, 0.1) is 0 Å². The molecule has 0 aromatic heterocycles. The highest BCUT2D eigenvalue weighted by Crippen LogP contribution is 2.27. The SMILES string of the molecule is CC(C)NC(=O)CNc1cccc2c1CCCC2. The van der Waals surface area contributed by atoms with Gasteiger partial charge in [0.1, 0.15) is 0 Å². The molecule has 3 nitrogen and oxygen atoms in total. The van der Waals surface area contributed by atoms with Gasteiger partial charge in [-0.05, 0) is 56.7 Å². The highest BCUT2D eigenvalue weighted by Gasteiger charge is 2.13. The Labute approximate surface area is 109 Å². The number of nitrogens with one attached hydrogen (secondary N) is 2. The Morgan fingerprint density at radius 1 is 1.28 bits per heavy atom. The van der Waals surface area contributed by atoms with E-state index in [0.29, 0.717) is 6.54 Å². The standard InChI is InChI=1S/C15H22N2O/c1-11(2)17-15(18)10-16-14-9-5-7-12-6-3-4-8-13(12)14/h5,7,9,11,16H,3-4,6,8,10H2,1-2H3,(H,17,18). The fraction of sp³-hybridized carbons (Fsp3) is 0.533. The number of amides is 1. The van der Waals surface area contributed by atoms with Crippen LogP contribution in [0.1, 0.15) is 37.8 Å². The molecule has 3 heteroatoms. The quantitative estimate of drug-likeness (QED) is 0.857. The first-order valence-corrected chi connectivity index (χ1v) is 6.81. The van der Waals surface area contributed by atoms with Crippen molar-refractivity contribution in [1.29, 1.82) is 0 Å². The molecule has 98 valence electrons. The maximum Gasteiger partial charge on any atom is 0.239 e. The number of benzene rings is 1. The number of hydrogen-bond donors (Lipinski definition) is 2. The third-order valence-electron chi connectivity index (χ3n) is 3.28. The van der Waals surface area contributed by atoms with E-state index in [1.807, 2.05) is 13.8 Å². The second kappa shape index (κ2) is 5.89. The molecule has 0 atom stereocenters. The lowest BCUT2D eigenvalue weighted by atomic mass is 9.90. The lowest BCUT2D eigenvalue weighted by Gasteiger charge is -2.20. The van der Waals surface area contributed by atoms with E-state index in [2.05, 4.69) is 28.8 Å². The molecular weight excluding hydrogens is 224 g/mol. The second-order valence-electron chi connectivity index (χ2n) is 5.23. The lowest BCUT2D eigenvalue weighted by molar-refractivity contribution is -0.119. The molecule has 2 N–H and O–H groups in total. The summed E-state index contributed by atoms with van der Waals surface area (Å²) in [5.74, 6) is 0.0541. The monoisotopic (exact) mass is 246 g/mol. The summed E-state index contributed by atoms with van der Waals surface area (Å²) in [4.78, 5) is 11.6. The van der Waals surface area contributed by atoms with Crippen molar-refractivity contribution in [2.24, 2.45) is 0 Å². The van der Waals surface area contributed by atoms with E-state index in [9.17, 15) is 4.79 Å². The molecule has 1 aromatic carbocycles. The van der Waals surface area contributed by atoms with E-state index >= 15 is 0 Å². The molecule has 0 saturated heterocycles. The summed E-state index contributed by atoms with van der Waals surface area (Å²) in [6.07, 6.45) is 4.83. The lowest BCUT2D eigenvalue weighted by Crippen LogP contribution is -2.35. The van der Waals surface area contributed by atoms with Crippen LogP contribution in [0.2, 0.25) is 0 Å². The smallest absolute Gasteiger partial charge is 0.239 e. The van der Waals surface area contributed by atoms with Gasteiger partial charge in [-0.2, -0.15) is 0 Å². The van der Waals surface area contributed by atoms with Crippen molar-refractivity contribution in [2.45, 2.75) is 45.6 Å². The molecule has 1 amide bonds. The molecule has 0 aliphatic heterocycles. The minimum absolute atomic E-state index is 0.0541. The summed E-state index contributed by atoms with van der Waals surface area (Å²) in [7, 11) is 0. The largest absolute Gasteiger partial charge is 0.376 e. The van der Waals surface area contributed by atoms with Crippen LogP contribution < -0.4 is 10.6 Å². The van der Waals surface area contributed by atoms with Crippen LogP contribution in [0.25, 0.3) is 0 Å². The Balaban J connectivity index is 1.99. The maximum absolute atomic E-state index is 11.6. The minimum Gasteiger partial charge on any atom is -0.376 e. The molecule has 1 aliphatic carbocycles. The van der Waals surface area contributed by atoms with Gasteiger partial charge in [-0.3, -0.25) is 4.79 Å². The Morgan fingerprint density at radius 3 is 2.83 bits per heavy atom. The number of carbonyl (C=O) groups is 1. The number of anilines is 1. The molecule has 0 saturated carbocycles. The van der Waals surface area contributed by atoms with E-state index in [1.54, 1.807) is 0 Å². The summed E-state index contributed by atoms with van der Waals surface area (Å²) in [5, 5.41) is 6.16. The van der Waals surface area contributed by atoms with Gasteiger partial charge in [0.2, 0.25) is 5.91 Å². The average molecular weight is 246 g/mol. The van der Waals surface area contributed by atoms with Gasteiger partial charge in [0, 0.05) is 11.7 Å². The van der Waals surface area contributed by atoms with Gasteiger partial charge in [0.05, 0.1) is 6.54 Å². The molecule has 0 spiro atoms. The third kappa shape index (κ3) is 3.25. The minimum atomic E-state index is 0.0541. The third-order valence-corrected chi connectivity index (χ3v) is 3.28. The molecule has 0 fully saturated rings. The van der Waals surface area contributed by atoms with Crippen molar-refractivity contribution >= 4 is 11.6 Å². The van der Waals surface area contributed by atoms with Gasteiger partial charge in [-0.25, -0.2) is 0 Å². The first-order valence-electron chi connectivity index (χ1n) is 6.81. The fourth-order valence-corrected chi connectivity index (χ4v) is 2.50. The highest BCUT2D eigenvalue weighted by atomic mass is 16.1. The van der Waals surface area contributed by atoms with Crippen molar-refractivity contribution in [1.82, 2.24) is 5.32 Å². The summed E-state index contributed by atoms with van der Waals surface area (Å²) in [6.45, 7) is 4.30. The number of rotatable bonds is 4. The Hall–Kier alpha value is -1.51. The molecule has 0 radical (unpaired) electrons. The van der Waals surface area contributed by atoms with Crippen LogP contribution in [-0.4, -0.2) is 18.5 Å². The number of fused-ring (bicyclic) bond motifs is 1. The molecule has 0 heterocycles. The summed E-state index contributed by atoms with van der Waals surface area (Å²) >= 11 is 0. The second-order valence-corrected chi connectivity index (χ2v) is 5.23. The van der Waals surface area contributed by atoms with Crippen molar-refractivity contribution in [3.8, 4) is 0 Å². The van der Waals surface area contributed by atoms with Crippen molar-refractivity contribution in [3.05, 3.63) is 29.3 Å². The molecule has 1 aromatic rings.